The highest BCUT2D eigenvalue weighted by atomic mass is 16.5. The van der Waals surface area contributed by atoms with Crippen LogP contribution in [0.4, 0.5) is 0 Å². The fourth-order valence-corrected chi connectivity index (χ4v) is 1.41. The molecule has 0 aliphatic heterocycles. The molecule has 0 unspecified atom stereocenters. The van der Waals surface area contributed by atoms with E-state index in [1.807, 2.05) is 32.9 Å². The first-order chi connectivity index (χ1) is 7.42. The summed E-state index contributed by atoms with van der Waals surface area (Å²) in [6.07, 6.45) is 1.51. The van der Waals surface area contributed by atoms with Crippen LogP contribution in [0.1, 0.15) is 32.8 Å². The molecule has 0 aromatic heterocycles. The molecule has 90 valence electrons. The number of hydrogen-bond acceptors (Lipinski definition) is 3. The van der Waals surface area contributed by atoms with Gasteiger partial charge in [0.1, 0.15) is 5.60 Å². The monoisotopic (exact) mass is 224 g/mol. The molecule has 0 heterocycles. The molecule has 16 heavy (non-hydrogen) atoms. The van der Waals surface area contributed by atoms with Crippen LogP contribution in [-0.2, 0) is 6.42 Å². The number of ether oxygens (including phenoxy) is 1. The lowest BCUT2D eigenvalue weighted by Crippen LogP contribution is -2.23. The van der Waals surface area contributed by atoms with E-state index in [0.29, 0.717) is 5.75 Å². The second-order valence-electron chi connectivity index (χ2n) is 4.84. The molecule has 1 aromatic rings. The number of rotatable bonds is 4. The van der Waals surface area contributed by atoms with Crippen molar-refractivity contribution in [2.75, 3.05) is 6.61 Å². The number of phenolic OH excluding ortho intramolecular Hbond substituents is 1. The van der Waals surface area contributed by atoms with Gasteiger partial charge in [0.25, 0.3) is 0 Å². The van der Waals surface area contributed by atoms with Gasteiger partial charge in [-0.25, -0.2) is 0 Å². The molecular weight excluding hydrogens is 204 g/mol. The highest BCUT2D eigenvalue weighted by molar-refractivity contribution is 5.42. The van der Waals surface area contributed by atoms with Crippen molar-refractivity contribution in [1.82, 2.24) is 0 Å². The van der Waals surface area contributed by atoms with Crippen molar-refractivity contribution in [3.63, 3.8) is 0 Å². The molecule has 0 fully saturated rings. The maximum absolute atomic E-state index is 9.65. The molecule has 0 atom stereocenters. The molecule has 3 nitrogen and oxygen atoms in total. The van der Waals surface area contributed by atoms with Gasteiger partial charge in [-0.05, 0) is 51.3 Å². The Morgan fingerprint density at radius 1 is 1.25 bits per heavy atom. The molecule has 0 saturated carbocycles. The molecule has 0 amide bonds. The van der Waals surface area contributed by atoms with E-state index in [-0.39, 0.29) is 18.0 Å². The van der Waals surface area contributed by atoms with Crippen molar-refractivity contribution in [3.05, 3.63) is 23.8 Å². The maximum Gasteiger partial charge on any atom is 0.161 e. The fraction of sp³-hybridized carbons (Fsp3) is 0.538. The van der Waals surface area contributed by atoms with Gasteiger partial charge in [-0.2, -0.15) is 0 Å². The van der Waals surface area contributed by atoms with Crippen LogP contribution in [0.25, 0.3) is 0 Å². The Kier molecular flexibility index (Phi) is 4.19. The fourth-order valence-electron chi connectivity index (χ4n) is 1.41. The molecule has 0 bridgehead atoms. The lowest BCUT2D eigenvalue weighted by atomic mass is 10.1. The number of aliphatic hydroxyl groups is 1. The summed E-state index contributed by atoms with van der Waals surface area (Å²) < 4.78 is 5.64. The van der Waals surface area contributed by atoms with E-state index in [4.69, 9.17) is 9.84 Å². The molecule has 0 aliphatic rings. The van der Waals surface area contributed by atoms with Gasteiger partial charge in [-0.1, -0.05) is 6.07 Å². The molecule has 0 radical (unpaired) electrons. The average Bonchev–Trinajstić information content (AvgIpc) is 2.17. The predicted octanol–water partition coefficient (Wildman–Crippen LogP) is 2.49. The van der Waals surface area contributed by atoms with E-state index in [1.165, 1.54) is 0 Å². The van der Waals surface area contributed by atoms with Crippen LogP contribution in [-0.4, -0.2) is 22.4 Å². The lowest BCUT2D eigenvalue weighted by molar-refractivity contribution is 0.125. The van der Waals surface area contributed by atoms with Gasteiger partial charge in [0.2, 0.25) is 0 Å². The van der Waals surface area contributed by atoms with Crippen molar-refractivity contribution in [2.45, 2.75) is 39.2 Å². The van der Waals surface area contributed by atoms with Crippen LogP contribution in [0.3, 0.4) is 0 Å². The van der Waals surface area contributed by atoms with Gasteiger partial charge in [0.15, 0.2) is 11.5 Å². The molecule has 3 heteroatoms. The van der Waals surface area contributed by atoms with E-state index < -0.39 is 0 Å². The zero-order valence-corrected chi connectivity index (χ0v) is 10.2. The smallest absolute Gasteiger partial charge is 0.161 e. The summed E-state index contributed by atoms with van der Waals surface area (Å²) in [6.45, 7) is 5.99. The summed E-state index contributed by atoms with van der Waals surface area (Å²) >= 11 is 0. The summed E-state index contributed by atoms with van der Waals surface area (Å²) in [5, 5.41) is 18.4. The van der Waals surface area contributed by atoms with E-state index in [0.717, 1.165) is 18.4 Å². The molecule has 2 N–H and O–H groups in total. The highest BCUT2D eigenvalue weighted by Crippen LogP contribution is 2.30. The molecule has 1 aromatic carbocycles. The lowest BCUT2D eigenvalue weighted by Gasteiger charge is -2.22. The quantitative estimate of drug-likeness (QED) is 0.826. The van der Waals surface area contributed by atoms with Crippen LogP contribution in [0, 0.1) is 0 Å². The van der Waals surface area contributed by atoms with Crippen LogP contribution >= 0.6 is 0 Å². The largest absolute Gasteiger partial charge is 0.504 e. The van der Waals surface area contributed by atoms with E-state index >= 15 is 0 Å². The van der Waals surface area contributed by atoms with Crippen LogP contribution in [0.15, 0.2) is 18.2 Å². The number of hydrogen-bond donors (Lipinski definition) is 2. The number of phenols is 1. The van der Waals surface area contributed by atoms with E-state index in [1.54, 1.807) is 6.07 Å². The zero-order chi connectivity index (χ0) is 12.2. The first-order valence-corrected chi connectivity index (χ1v) is 5.54. The Balaban J connectivity index is 2.82. The second-order valence-corrected chi connectivity index (χ2v) is 4.84. The Labute approximate surface area is 96.7 Å². The number of aryl methyl sites for hydroxylation is 1. The maximum atomic E-state index is 9.65. The van der Waals surface area contributed by atoms with Crippen LogP contribution < -0.4 is 4.74 Å². The molecule has 0 aliphatic carbocycles. The number of aliphatic hydroxyl groups excluding tert-OH is 1. The van der Waals surface area contributed by atoms with E-state index in [9.17, 15) is 5.11 Å². The van der Waals surface area contributed by atoms with Crippen molar-refractivity contribution < 1.29 is 14.9 Å². The minimum absolute atomic E-state index is 0.155. The number of benzene rings is 1. The van der Waals surface area contributed by atoms with Crippen molar-refractivity contribution in [1.29, 1.82) is 0 Å². The second kappa shape index (κ2) is 5.21. The normalized spacial score (nSPS) is 11.5. The molecule has 0 saturated heterocycles. The minimum Gasteiger partial charge on any atom is -0.504 e. The minimum atomic E-state index is -0.326. The Hall–Kier alpha value is -1.22. The standard InChI is InChI=1S/C13H20O3/c1-13(2,3)16-12-9-10(5-4-8-14)6-7-11(12)15/h6-7,9,14-15H,4-5,8H2,1-3H3. The first-order valence-electron chi connectivity index (χ1n) is 5.54. The Morgan fingerprint density at radius 3 is 2.50 bits per heavy atom. The molecule has 0 spiro atoms. The average molecular weight is 224 g/mol. The van der Waals surface area contributed by atoms with E-state index in [2.05, 4.69) is 0 Å². The SMILES string of the molecule is CC(C)(C)Oc1cc(CCCO)ccc1O. The molecule has 1 rings (SSSR count). The zero-order valence-electron chi connectivity index (χ0n) is 10.2. The third-order valence-corrected chi connectivity index (χ3v) is 2.06. The summed E-state index contributed by atoms with van der Waals surface area (Å²) in [6, 6.07) is 5.31. The highest BCUT2D eigenvalue weighted by Gasteiger charge is 2.14. The van der Waals surface area contributed by atoms with Gasteiger partial charge in [0, 0.05) is 6.61 Å². The van der Waals surface area contributed by atoms with Gasteiger partial charge >= 0.3 is 0 Å². The summed E-state index contributed by atoms with van der Waals surface area (Å²) in [5.74, 6) is 0.658. The summed E-state index contributed by atoms with van der Waals surface area (Å²) in [5.41, 5.74) is 0.735. The predicted molar refractivity (Wildman–Crippen MR) is 63.9 cm³/mol. The van der Waals surface area contributed by atoms with Crippen molar-refractivity contribution in [3.8, 4) is 11.5 Å². The van der Waals surface area contributed by atoms with Crippen molar-refractivity contribution in [2.24, 2.45) is 0 Å². The Bertz CT molecular complexity index is 340. The van der Waals surface area contributed by atoms with Gasteiger partial charge in [-0.3, -0.25) is 0 Å². The third-order valence-electron chi connectivity index (χ3n) is 2.06. The van der Waals surface area contributed by atoms with Crippen LogP contribution in [0.2, 0.25) is 0 Å². The summed E-state index contributed by atoms with van der Waals surface area (Å²) in [7, 11) is 0. The van der Waals surface area contributed by atoms with Gasteiger partial charge in [0.05, 0.1) is 0 Å². The van der Waals surface area contributed by atoms with Gasteiger partial charge < -0.3 is 14.9 Å². The topological polar surface area (TPSA) is 49.7 Å². The third kappa shape index (κ3) is 4.11. The van der Waals surface area contributed by atoms with Crippen molar-refractivity contribution >= 4 is 0 Å². The summed E-state index contributed by atoms with van der Waals surface area (Å²) in [4.78, 5) is 0. The van der Waals surface area contributed by atoms with Crippen LogP contribution in [0.5, 0.6) is 11.5 Å². The number of aromatic hydroxyl groups is 1. The van der Waals surface area contributed by atoms with Gasteiger partial charge in [-0.15, -0.1) is 0 Å². The first kappa shape index (κ1) is 12.8. The Morgan fingerprint density at radius 2 is 1.94 bits per heavy atom. The molecular formula is C13H20O3.